The van der Waals surface area contributed by atoms with Crippen LogP contribution in [0.25, 0.3) is 11.0 Å². The molecule has 1 aromatic heterocycles. The number of methoxy groups -OCH3 is 1. The van der Waals surface area contributed by atoms with E-state index in [0.29, 0.717) is 24.8 Å². The summed E-state index contributed by atoms with van der Waals surface area (Å²) < 4.78 is 11.0. The van der Waals surface area contributed by atoms with Crippen LogP contribution in [0.1, 0.15) is 33.6 Å². The van der Waals surface area contributed by atoms with Gasteiger partial charge in [-0.05, 0) is 45.7 Å². The maximum Gasteiger partial charge on any atom is 0.410 e. The second-order valence-electron chi connectivity index (χ2n) is 7.88. The molecular formula is C20H28N4O3. The van der Waals surface area contributed by atoms with E-state index in [-0.39, 0.29) is 12.1 Å². The Labute approximate surface area is 160 Å². The summed E-state index contributed by atoms with van der Waals surface area (Å²) in [5, 5.41) is 0. The number of benzene rings is 1. The predicted octanol–water partition coefficient (Wildman–Crippen LogP) is 3.47. The van der Waals surface area contributed by atoms with Crippen LogP contribution in [0.4, 0.5) is 10.6 Å². The summed E-state index contributed by atoms with van der Waals surface area (Å²) in [4.78, 5) is 25.6. The molecule has 1 saturated heterocycles. The third-order valence-corrected chi connectivity index (χ3v) is 4.64. The van der Waals surface area contributed by atoms with Gasteiger partial charge in [0, 0.05) is 26.2 Å². The molecule has 0 radical (unpaired) electrons. The molecule has 1 aliphatic heterocycles. The van der Waals surface area contributed by atoms with Crippen molar-refractivity contribution in [1.29, 1.82) is 0 Å². The van der Waals surface area contributed by atoms with Crippen molar-refractivity contribution in [2.24, 2.45) is 0 Å². The third-order valence-electron chi connectivity index (χ3n) is 4.64. The topological polar surface area (TPSA) is 67.8 Å². The number of piperidine rings is 1. The van der Waals surface area contributed by atoms with Gasteiger partial charge in [-0.1, -0.05) is 12.1 Å². The van der Waals surface area contributed by atoms with E-state index in [4.69, 9.17) is 14.5 Å². The number of nitrogens with zero attached hydrogens (tertiary/aromatic N) is 4. The summed E-state index contributed by atoms with van der Waals surface area (Å²) in [6, 6.07) is 7.85. The second kappa shape index (κ2) is 7.58. The molecule has 1 amide bonds. The van der Waals surface area contributed by atoms with E-state index < -0.39 is 5.60 Å². The molecule has 1 atom stereocenters. The molecule has 0 aliphatic carbocycles. The lowest BCUT2D eigenvalue weighted by Gasteiger charge is -2.38. The fourth-order valence-electron chi connectivity index (χ4n) is 3.28. The highest BCUT2D eigenvalue weighted by Crippen LogP contribution is 2.29. The summed E-state index contributed by atoms with van der Waals surface area (Å²) in [6.45, 7) is 6.94. The molecule has 3 rings (SSSR count). The summed E-state index contributed by atoms with van der Waals surface area (Å²) in [5.41, 5.74) is 1.12. The summed E-state index contributed by atoms with van der Waals surface area (Å²) in [5.74, 6) is 1.18. The van der Waals surface area contributed by atoms with Crippen molar-refractivity contribution in [3.63, 3.8) is 0 Å². The minimum absolute atomic E-state index is 0.121. The first-order valence-corrected chi connectivity index (χ1v) is 9.30. The molecule has 7 heteroatoms. The van der Waals surface area contributed by atoms with E-state index in [9.17, 15) is 4.79 Å². The van der Waals surface area contributed by atoms with Gasteiger partial charge in [0.1, 0.15) is 5.60 Å². The maximum atomic E-state index is 12.4. The third kappa shape index (κ3) is 4.40. The van der Waals surface area contributed by atoms with Crippen molar-refractivity contribution in [1.82, 2.24) is 14.9 Å². The SMILES string of the molecule is COc1nc2ccccc2nc1N(C)C1CCCN(C(=O)OC(C)(C)C)C1. The minimum Gasteiger partial charge on any atom is -0.478 e. The van der Waals surface area contributed by atoms with E-state index in [1.807, 2.05) is 52.1 Å². The first kappa shape index (κ1) is 19.2. The second-order valence-corrected chi connectivity index (χ2v) is 7.88. The number of hydrogen-bond acceptors (Lipinski definition) is 6. The smallest absolute Gasteiger partial charge is 0.410 e. The van der Waals surface area contributed by atoms with Gasteiger partial charge in [-0.25, -0.2) is 14.8 Å². The van der Waals surface area contributed by atoms with E-state index in [0.717, 1.165) is 23.9 Å². The number of ether oxygens (including phenoxy) is 2. The van der Waals surface area contributed by atoms with Crippen LogP contribution in [0.2, 0.25) is 0 Å². The van der Waals surface area contributed by atoms with Crippen LogP contribution in [-0.4, -0.2) is 59.9 Å². The van der Waals surface area contributed by atoms with Gasteiger partial charge in [0.05, 0.1) is 18.1 Å². The van der Waals surface area contributed by atoms with Crippen molar-refractivity contribution < 1.29 is 14.3 Å². The lowest BCUT2D eigenvalue weighted by Crippen LogP contribution is -2.50. The number of anilines is 1. The fraction of sp³-hybridized carbons (Fsp3) is 0.550. The van der Waals surface area contributed by atoms with Crippen LogP contribution in [0.3, 0.4) is 0 Å². The molecule has 1 fully saturated rings. The molecule has 1 aliphatic rings. The molecule has 27 heavy (non-hydrogen) atoms. The van der Waals surface area contributed by atoms with Crippen LogP contribution in [0.5, 0.6) is 5.88 Å². The molecule has 0 bridgehead atoms. The standard InChI is InChI=1S/C20H28N4O3/c1-20(2,3)27-19(25)24-12-8-9-14(13-24)23(4)17-18(26-5)22-16-11-7-6-10-15(16)21-17/h6-7,10-11,14H,8-9,12-13H2,1-5H3. The van der Waals surface area contributed by atoms with Gasteiger partial charge in [-0.2, -0.15) is 0 Å². The summed E-state index contributed by atoms with van der Waals surface area (Å²) in [7, 11) is 3.58. The minimum atomic E-state index is -0.497. The van der Waals surface area contributed by atoms with Crippen LogP contribution in [0.15, 0.2) is 24.3 Å². The van der Waals surface area contributed by atoms with E-state index in [1.54, 1.807) is 12.0 Å². The van der Waals surface area contributed by atoms with Crippen molar-refractivity contribution in [3.05, 3.63) is 24.3 Å². The van der Waals surface area contributed by atoms with Crippen molar-refractivity contribution in [2.45, 2.75) is 45.3 Å². The van der Waals surface area contributed by atoms with Gasteiger partial charge in [-0.15, -0.1) is 0 Å². The number of rotatable bonds is 3. The molecular weight excluding hydrogens is 344 g/mol. The van der Waals surface area contributed by atoms with E-state index >= 15 is 0 Å². The Kier molecular flexibility index (Phi) is 5.39. The Balaban J connectivity index is 1.81. The highest BCUT2D eigenvalue weighted by atomic mass is 16.6. The molecule has 7 nitrogen and oxygen atoms in total. The number of likely N-dealkylation sites (tertiary alicyclic amines) is 1. The highest BCUT2D eigenvalue weighted by Gasteiger charge is 2.31. The molecule has 1 unspecified atom stereocenters. The average Bonchev–Trinajstić information content (AvgIpc) is 2.65. The fourth-order valence-corrected chi connectivity index (χ4v) is 3.28. The summed E-state index contributed by atoms with van der Waals surface area (Å²) >= 11 is 0. The largest absolute Gasteiger partial charge is 0.478 e. The highest BCUT2D eigenvalue weighted by molar-refractivity contribution is 5.77. The van der Waals surface area contributed by atoms with Gasteiger partial charge in [-0.3, -0.25) is 0 Å². The number of para-hydroxylation sites is 2. The van der Waals surface area contributed by atoms with Crippen LogP contribution < -0.4 is 9.64 Å². The van der Waals surface area contributed by atoms with Gasteiger partial charge < -0.3 is 19.3 Å². The number of carbonyl (C=O) groups is 1. The van der Waals surface area contributed by atoms with E-state index in [1.165, 1.54) is 0 Å². The Morgan fingerprint density at radius 2 is 1.89 bits per heavy atom. The van der Waals surface area contributed by atoms with Gasteiger partial charge >= 0.3 is 6.09 Å². The number of likely N-dealkylation sites (N-methyl/N-ethyl adjacent to an activating group) is 1. The summed E-state index contributed by atoms with van der Waals surface area (Å²) in [6.07, 6.45) is 1.61. The molecule has 0 N–H and O–H groups in total. The van der Waals surface area contributed by atoms with Crippen LogP contribution in [-0.2, 0) is 4.74 Å². The molecule has 0 saturated carbocycles. The zero-order valence-electron chi connectivity index (χ0n) is 16.7. The average molecular weight is 372 g/mol. The van der Waals surface area contributed by atoms with Gasteiger partial charge in [0.15, 0.2) is 5.82 Å². The number of aromatic nitrogens is 2. The van der Waals surface area contributed by atoms with Crippen LogP contribution >= 0.6 is 0 Å². The van der Waals surface area contributed by atoms with Gasteiger partial charge in [0.2, 0.25) is 0 Å². The Morgan fingerprint density at radius 1 is 1.22 bits per heavy atom. The first-order valence-electron chi connectivity index (χ1n) is 9.30. The zero-order chi connectivity index (χ0) is 19.6. The monoisotopic (exact) mass is 372 g/mol. The van der Waals surface area contributed by atoms with Crippen LogP contribution in [0, 0.1) is 0 Å². The number of amides is 1. The van der Waals surface area contributed by atoms with Crippen molar-refractivity contribution in [2.75, 3.05) is 32.1 Å². The number of carbonyl (C=O) groups excluding carboxylic acids is 1. The molecule has 1 aromatic carbocycles. The van der Waals surface area contributed by atoms with Crippen molar-refractivity contribution in [3.8, 4) is 5.88 Å². The Hall–Kier alpha value is -2.57. The molecule has 2 heterocycles. The Morgan fingerprint density at radius 3 is 2.52 bits per heavy atom. The lowest BCUT2D eigenvalue weighted by atomic mass is 10.0. The Bertz CT molecular complexity index is 818. The zero-order valence-corrected chi connectivity index (χ0v) is 16.7. The van der Waals surface area contributed by atoms with E-state index in [2.05, 4.69) is 9.88 Å². The molecule has 2 aromatic rings. The maximum absolute atomic E-state index is 12.4. The quantitative estimate of drug-likeness (QED) is 0.822. The van der Waals surface area contributed by atoms with Gasteiger partial charge in [0.25, 0.3) is 5.88 Å². The first-order chi connectivity index (χ1) is 12.8. The normalized spacial score (nSPS) is 17.7. The number of fused-ring (bicyclic) bond motifs is 1. The van der Waals surface area contributed by atoms with Crippen molar-refractivity contribution >= 4 is 22.9 Å². The molecule has 0 spiro atoms. The molecule has 146 valence electrons. The number of hydrogen-bond donors (Lipinski definition) is 0. The lowest BCUT2D eigenvalue weighted by molar-refractivity contribution is 0.0199. The predicted molar refractivity (Wildman–Crippen MR) is 105 cm³/mol.